The average Bonchev–Trinajstić information content (AvgIpc) is 2.84. The molecule has 0 amide bonds. The van der Waals surface area contributed by atoms with Crippen LogP contribution in [-0.2, 0) is 0 Å². The SMILES string of the molecule is COc1ccc(NC(C)CN2CCCC2)c(N)c1. The van der Waals surface area contributed by atoms with E-state index in [-0.39, 0.29) is 0 Å². The van der Waals surface area contributed by atoms with Crippen molar-refractivity contribution in [1.29, 1.82) is 0 Å². The molecular formula is C14H23N3O. The maximum atomic E-state index is 6.00. The Morgan fingerprint density at radius 3 is 2.72 bits per heavy atom. The quantitative estimate of drug-likeness (QED) is 0.785. The summed E-state index contributed by atoms with van der Waals surface area (Å²) in [5.41, 5.74) is 7.72. The molecule has 0 saturated carbocycles. The lowest BCUT2D eigenvalue weighted by Gasteiger charge is -2.22. The number of likely N-dealkylation sites (tertiary alicyclic amines) is 1. The molecule has 1 aliphatic heterocycles. The van der Waals surface area contributed by atoms with Crippen LogP contribution in [0.5, 0.6) is 5.75 Å². The molecular weight excluding hydrogens is 226 g/mol. The average molecular weight is 249 g/mol. The minimum Gasteiger partial charge on any atom is -0.497 e. The number of methoxy groups -OCH3 is 1. The number of hydrogen-bond donors (Lipinski definition) is 2. The van der Waals surface area contributed by atoms with Crippen LogP contribution in [0.2, 0.25) is 0 Å². The lowest BCUT2D eigenvalue weighted by molar-refractivity contribution is 0.328. The summed E-state index contributed by atoms with van der Waals surface area (Å²) in [6.45, 7) is 5.72. The first-order valence-corrected chi connectivity index (χ1v) is 6.61. The van der Waals surface area contributed by atoms with Gasteiger partial charge >= 0.3 is 0 Å². The van der Waals surface area contributed by atoms with Crippen molar-refractivity contribution in [3.8, 4) is 5.75 Å². The van der Waals surface area contributed by atoms with Crippen molar-refractivity contribution in [1.82, 2.24) is 4.90 Å². The molecule has 100 valence electrons. The normalized spacial score (nSPS) is 17.7. The van der Waals surface area contributed by atoms with E-state index < -0.39 is 0 Å². The van der Waals surface area contributed by atoms with Gasteiger partial charge in [0.25, 0.3) is 0 Å². The summed E-state index contributed by atoms with van der Waals surface area (Å²) in [6.07, 6.45) is 2.66. The van der Waals surface area contributed by atoms with Gasteiger partial charge in [-0.05, 0) is 45.0 Å². The van der Waals surface area contributed by atoms with Gasteiger partial charge in [-0.15, -0.1) is 0 Å². The van der Waals surface area contributed by atoms with Crippen LogP contribution in [0.3, 0.4) is 0 Å². The molecule has 0 bridgehead atoms. The molecule has 3 N–H and O–H groups in total. The van der Waals surface area contributed by atoms with E-state index in [1.54, 1.807) is 7.11 Å². The lowest BCUT2D eigenvalue weighted by Crippen LogP contribution is -2.33. The van der Waals surface area contributed by atoms with Crippen LogP contribution in [0.25, 0.3) is 0 Å². The molecule has 4 heteroatoms. The standard InChI is InChI=1S/C14H23N3O/c1-11(10-17-7-3-4-8-17)16-14-6-5-12(18-2)9-13(14)15/h5-6,9,11,16H,3-4,7-8,10,15H2,1-2H3. The zero-order chi connectivity index (χ0) is 13.0. The zero-order valence-corrected chi connectivity index (χ0v) is 11.3. The molecule has 0 radical (unpaired) electrons. The summed E-state index contributed by atoms with van der Waals surface area (Å²) < 4.78 is 5.15. The molecule has 1 unspecified atom stereocenters. The van der Waals surface area contributed by atoms with Gasteiger partial charge in [-0.25, -0.2) is 0 Å². The first-order valence-electron chi connectivity index (χ1n) is 6.61. The fourth-order valence-corrected chi connectivity index (χ4v) is 2.46. The van der Waals surface area contributed by atoms with Crippen LogP contribution < -0.4 is 15.8 Å². The van der Waals surface area contributed by atoms with Gasteiger partial charge < -0.3 is 20.7 Å². The number of nitrogens with zero attached hydrogens (tertiary/aromatic N) is 1. The zero-order valence-electron chi connectivity index (χ0n) is 11.3. The van der Waals surface area contributed by atoms with Crippen LogP contribution in [-0.4, -0.2) is 37.7 Å². The van der Waals surface area contributed by atoms with Crippen molar-refractivity contribution in [2.24, 2.45) is 0 Å². The largest absolute Gasteiger partial charge is 0.497 e. The maximum absolute atomic E-state index is 6.00. The number of nitrogens with one attached hydrogen (secondary N) is 1. The first-order chi connectivity index (χ1) is 8.69. The Balaban J connectivity index is 1.91. The summed E-state index contributed by atoms with van der Waals surface area (Å²) >= 11 is 0. The van der Waals surface area contributed by atoms with E-state index in [4.69, 9.17) is 10.5 Å². The van der Waals surface area contributed by atoms with Gasteiger partial charge in [0, 0.05) is 18.7 Å². The highest BCUT2D eigenvalue weighted by Crippen LogP contribution is 2.24. The summed E-state index contributed by atoms with van der Waals surface area (Å²) in [4.78, 5) is 2.50. The molecule has 1 aromatic rings. The van der Waals surface area contributed by atoms with Crippen molar-refractivity contribution in [3.63, 3.8) is 0 Å². The van der Waals surface area contributed by atoms with Gasteiger partial charge in [0.1, 0.15) is 5.75 Å². The smallest absolute Gasteiger partial charge is 0.121 e. The minimum atomic E-state index is 0.402. The predicted molar refractivity (Wildman–Crippen MR) is 76.2 cm³/mol. The van der Waals surface area contributed by atoms with Crippen LogP contribution >= 0.6 is 0 Å². The third-order valence-corrected chi connectivity index (χ3v) is 3.39. The number of rotatable bonds is 5. The number of hydrogen-bond acceptors (Lipinski definition) is 4. The molecule has 0 aliphatic carbocycles. The van der Waals surface area contributed by atoms with E-state index in [0.29, 0.717) is 6.04 Å². The number of anilines is 2. The Morgan fingerprint density at radius 1 is 1.39 bits per heavy atom. The van der Waals surface area contributed by atoms with Crippen molar-refractivity contribution in [3.05, 3.63) is 18.2 Å². The fraction of sp³-hybridized carbons (Fsp3) is 0.571. The Kier molecular flexibility index (Phi) is 4.31. The van der Waals surface area contributed by atoms with Crippen molar-refractivity contribution >= 4 is 11.4 Å². The van der Waals surface area contributed by atoms with Crippen LogP contribution in [0.4, 0.5) is 11.4 Å². The van der Waals surface area contributed by atoms with Crippen LogP contribution in [0.1, 0.15) is 19.8 Å². The van der Waals surface area contributed by atoms with Crippen molar-refractivity contribution in [2.75, 3.05) is 37.8 Å². The molecule has 1 aliphatic rings. The fourth-order valence-electron chi connectivity index (χ4n) is 2.46. The predicted octanol–water partition coefficient (Wildman–Crippen LogP) is 2.17. The van der Waals surface area contributed by atoms with E-state index in [9.17, 15) is 0 Å². The third kappa shape index (κ3) is 3.29. The molecule has 1 atom stereocenters. The van der Waals surface area contributed by atoms with Gasteiger partial charge in [-0.3, -0.25) is 0 Å². The summed E-state index contributed by atoms with van der Waals surface area (Å²) in [7, 11) is 1.65. The molecule has 2 rings (SSSR count). The van der Waals surface area contributed by atoms with Gasteiger partial charge in [0.15, 0.2) is 0 Å². The van der Waals surface area contributed by atoms with E-state index in [2.05, 4.69) is 17.1 Å². The second kappa shape index (κ2) is 5.96. The monoisotopic (exact) mass is 249 g/mol. The molecule has 18 heavy (non-hydrogen) atoms. The van der Waals surface area contributed by atoms with E-state index in [1.807, 2.05) is 18.2 Å². The Bertz CT molecular complexity index is 389. The van der Waals surface area contributed by atoms with E-state index >= 15 is 0 Å². The molecule has 1 heterocycles. The van der Waals surface area contributed by atoms with Gasteiger partial charge in [-0.2, -0.15) is 0 Å². The van der Waals surface area contributed by atoms with Gasteiger partial charge in [0.05, 0.1) is 18.5 Å². The second-order valence-electron chi connectivity index (χ2n) is 5.01. The van der Waals surface area contributed by atoms with Crippen molar-refractivity contribution in [2.45, 2.75) is 25.8 Å². The Hall–Kier alpha value is -1.42. The summed E-state index contributed by atoms with van der Waals surface area (Å²) in [5, 5.41) is 3.47. The minimum absolute atomic E-state index is 0.402. The Labute approximate surface area is 109 Å². The highest BCUT2D eigenvalue weighted by atomic mass is 16.5. The highest BCUT2D eigenvalue weighted by molar-refractivity contribution is 5.68. The Morgan fingerprint density at radius 2 is 2.11 bits per heavy atom. The van der Waals surface area contributed by atoms with Crippen LogP contribution in [0, 0.1) is 0 Å². The van der Waals surface area contributed by atoms with Crippen LogP contribution in [0.15, 0.2) is 18.2 Å². The van der Waals surface area contributed by atoms with E-state index in [1.165, 1.54) is 25.9 Å². The number of nitrogens with two attached hydrogens (primary N) is 1. The summed E-state index contributed by atoms with van der Waals surface area (Å²) in [5.74, 6) is 0.797. The molecule has 1 saturated heterocycles. The third-order valence-electron chi connectivity index (χ3n) is 3.39. The highest BCUT2D eigenvalue weighted by Gasteiger charge is 2.15. The molecule has 0 spiro atoms. The van der Waals surface area contributed by atoms with Gasteiger partial charge in [0.2, 0.25) is 0 Å². The molecule has 1 fully saturated rings. The number of ether oxygens (including phenoxy) is 1. The molecule has 0 aromatic heterocycles. The topological polar surface area (TPSA) is 50.5 Å². The number of nitrogen functional groups attached to an aromatic ring is 1. The molecule has 4 nitrogen and oxygen atoms in total. The second-order valence-corrected chi connectivity index (χ2v) is 5.01. The van der Waals surface area contributed by atoms with E-state index in [0.717, 1.165) is 23.7 Å². The van der Waals surface area contributed by atoms with Crippen molar-refractivity contribution < 1.29 is 4.74 Å². The summed E-state index contributed by atoms with van der Waals surface area (Å²) in [6, 6.07) is 6.17. The molecule has 1 aromatic carbocycles. The number of benzene rings is 1. The van der Waals surface area contributed by atoms with Gasteiger partial charge in [-0.1, -0.05) is 0 Å². The first kappa shape index (κ1) is 13.0. The lowest BCUT2D eigenvalue weighted by atomic mass is 10.2. The maximum Gasteiger partial charge on any atom is 0.121 e.